The predicted molar refractivity (Wildman–Crippen MR) is 68.6 cm³/mol. The van der Waals surface area contributed by atoms with E-state index < -0.39 is 4.33 Å². The lowest BCUT2D eigenvalue weighted by Gasteiger charge is -2.03. The van der Waals surface area contributed by atoms with E-state index in [1.165, 1.54) is 12.8 Å². The fourth-order valence-corrected chi connectivity index (χ4v) is 4.96. The van der Waals surface area contributed by atoms with Crippen LogP contribution in [0.4, 0.5) is 0 Å². The smallest absolute Gasteiger partial charge is 0.230 e. The molecule has 1 aromatic rings. The summed E-state index contributed by atoms with van der Waals surface area (Å²) in [5.74, 6) is 4.57. The highest BCUT2D eigenvalue weighted by Gasteiger charge is 2.65. The van der Waals surface area contributed by atoms with E-state index in [0.717, 1.165) is 36.4 Å². The Labute approximate surface area is 116 Å². The molecule has 0 aromatic carbocycles. The SMILES string of the molecule is Cc1noc(C2C3CCC4C(CCC32)C4(Cl)Cl)n1. The Hall–Kier alpha value is -0.280. The van der Waals surface area contributed by atoms with Crippen LogP contribution in [0.15, 0.2) is 4.52 Å². The maximum Gasteiger partial charge on any atom is 0.230 e. The van der Waals surface area contributed by atoms with Gasteiger partial charge in [-0.25, -0.2) is 0 Å². The van der Waals surface area contributed by atoms with Crippen LogP contribution in [-0.2, 0) is 0 Å². The molecule has 0 spiro atoms. The molecular formula is C13H16Cl2N2O. The first-order chi connectivity index (χ1) is 8.59. The normalized spacial score (nSPS) is 44.5. The Kier molecular flexibility index (Phi) is 2.33. The Morgan fingerprint density at radius 2 is 1.72 bits per heavy atom. The molecule has 4 unspecified atom stereocenters. The molecule has 3 aliphatic rings. The van der Waals surface area contributed by atoms with Gasteiger partial charge in [-0.05, 0) is 56.3 Å². The Morgan fingerprint density at radius 1 is 1.11 bits per heavy atom. The fraction of sp³-hybridized carbons (Fsp3) is 0.846. The zero-order valence-electron chi connectivity index (χ0n) is 10.3. The van der Waals surface area contributed by atoms with Crippen LogP contribution in [0.1, 0.15) is 43.3 Å². The highest BCUT2D eigenvalue weighted by atomic mass is 35.5. The molecule has 0 amide bonds. The monoisotopic (exact) mass is 286 g/mol. The van der Waals surface area contributed by atoms with Crippen molar-refractivity contribution in [3.05, 3.63) is 11.7 Å². The average molecular weight is 287 g/mol. The maximum atomic E-state index is 6.30. The highest BCUT2D eigenvalue weighted by molar-refractivity contribution is 6.51. The summed E-state index contributed by atoms with van der Waals surface area (Å²) < 4.78 is 4.90. The van der Waals surface area contributed by atoms with Crippen LogP contribution in [0.5, 0.6) is 0 Å². The lowest BCUT2D eigenvalue weighted by Crippen LogP contribution is -1.93. The first-order valence-electron chi connectivity index (χ1n) is 6.77. The van der Waals surface area contributed by atoms with Crippen LogP contribution in [-0.4, -0.2) is 14.5 Å². The number of rotatable bonds is 1. The third-order valence-corrected chi connectivity index (χ3v) is 6.27. The van der Waals surface area contributed by atoms with Gasteiger partial charge in [-0.15, -0.1) is 23.2 Å². The zero-order chi connectivity index (χ0) is 12.5. The summed E-state index contributed by atoms with van der Waals surface area (Å²) in [5.41, 5.74) is 0. The van der Waals surface area contributed by atoms with Crippen LogP contribution in [0.3, 0.4) is 0 Å². The number of aromatic nitrogens is 2. The lowest BCUT2D eigenvalue weighted by atomic mass is 10.0. The van der Waals surface area contributed by atoms with Gasteiger partial charge in [0.2, 0.25) is 5.89 Å². The Bertz CT molecular complexity index is 465. The molecule has 3 aliphatic carbocycles. The van der Waals surface area contributed by atoms with Gasteiger partial charge < -0.3 is 4.52 Å². The quantitative estimate of drug-likeness (QED) is 0.739. The molecule has 4 atom stereocenters. The molecule has 0 N–H and O–H groups in total. The van der Waals surface area contributed by atoms with Gasteiger partial charge in [-0.1, -0.05) is 5.16 Å². The van der Waals surface area contributed by atoms with Crippen molar-refractivity contribution < 1.29 is 4.52 Å². The molecule has 98 valence electrons. The van der Waals surface area contributed by atoms with Crippen molar-refractivity contribution in [1.29, 1.82) is 0 Å². The van der Waals surface area contributed by atoms with E-state index in [1.54, 1.807) is 0 Å². The fourth-order valence-electron chi connectivity index (χ4n) is 4.04. The summed E-state index contributed by atoms with van der Waals surface area (Å²) in [7, 11) is 0. The van der Waals surface area contributed by atoms with Crippen LogP contribution >= 0.6 is 23.2 Å². The minimum absolute atomic E-state index is 0.423. The van der Waals surface area contributed by atoms with Crippen LogP contribution < -0.4 is 0 Å². The third-order valence-electron chi connectivity index (χ3n) is 5.15. The van der Waals surface area contributed by atoms with Crippen molar-refractivity contribution in [1.82, 2.24) is 10.1 Å². The largest absolute Gasteiger partial charge is 0.339 e. The van der Waals surface area contributed by atoms with Gasteiger partial charge in [0, 0.05) is 5.92 Å². The molecular weight excluding hydrogens is 271 g/mol. The van der Waals surface area contributed by atoms with Crippen molar-refractivity contribution in [3.63, 3.8) is 0 Å². The van der Waals surface area contributed by atoms with Gasteiger partial charge in [0.1, 0.15) is 4.33 Å². The average Bonchev–Trinajstić information content (AvgIpc) is 2.98. The van der Waals surface area contributed by atoms with Crippen LogP contribution in [0.2, 0.25) is 0 Å². The van der Waals surface area contributed by atoms with E-state index in [9.17, 15) is 0 Å². The van der Waals surface area contributed by atoms with Gasteiger partial charge >= 0.3 is 0 Å². The number of halogens is 2. The van der Waals surface area contributed by atoms with Crippen LogP contribution in [0, 0.1) is 30.6 Å². The summed E-state index contributed by atoms with van der Waals surface area (Å²) in [5, 5.41) is 3.90. The van der Waals surface area contributed by atoms with Gasteiger partial charge in [-0.3, -0.25) is 0 Å². The van der Waals surface area contributed by atoms with E-state index in [0.29, 0.717) is 17.8 Å². The maximum absolute atomic E-state index is 6.30. The highest BCUT2D eigenvalue weighted by Crippen LogP contribution is 2.69. The van der Waals surface area contributed by atoms with Gasteiger partial charge in [0.15, 0.2) is 5.82 Å². The number of aryl methyl sites for hydroxylation is 1. The number of hydrogen-bond donors (Lipinski definition) is 0. The molecule has 3 saturated carbocycles. The van der Waals surface area contributed by atoms with Crippen molar-refractivity contribution >= 4 is 23.2 Å². The van der Waals surface area contributed by atoms with Crippen molar-refractivity contribution in [2.75, 3.05) is 0 Å². The second kappa shape index (κ2) is 3.63. The minimum Gasteiger partial charge on any atom is -0.339 e. The molecule has 0 aliphatic heterocycles. The lowest BCUT2D eigenvalue weighted by molar-refractivity contribution is 0.368. The van der Waals surface area contributed by atoms with Crippen molar-refractivity contribution in [2.24, 2.45) is 23.7 Å². The van der Waals surface area contributed by atoms with Crippen molar-refractivity contribution in [2.45, 2.75) is 42.9 Å². The molecule has 5 heteroatoms. The molecule has 4 rings (SSSR count). The van der Waals surface area contributed by atoms with E-state index in [-0.39, 0.29) is 0 Å². The summed E-state index contributed by atoms with van der Waals surface area (Å²) in [6.45, 7) is 1.88. The summed E-state index contributed by atoms with van der Waals surface area (Å²) >= 11 is 12.6. The van der Waals surface area contributed by atoms with Crippen LogP contribution in [0.25, 0.3) is 0 Å². The van der Waals surface area contributed by atoms with Gasteiger partial charge in [0.25, 0.3) is 0 Å². The number of nitrogens with zero attached hydrogens (tertiary/aromatic N) is 2. The van der Waals surface area contributed by atoms with Crippen molar-refractivity contribution in [3.8, 4) is 0 Å². The van der Waals surface area contributed by atoms with E-state index in [2.05, 4.69) is 10.1 Å². The first kappa shape index (κ1) is 11.5. The number of fused-ring (bicyclic) bond motifs is 2. The third kappa shape index (κ3) is 1.56. The minimum atomic E-state index is -0.423. The van der Waals surface area contributed by atoms with E-state index >= 15 is 0 Å². The number of hydrogen-bond acceptors (Lipinski definition) is 3. The predicted octanol–water partition coefficient (Wildman–Crippen LogP) is 3.70. The topological polar surface area (TPSA) is 38.9 Å². The summed E-state index contributed by atoms with van der Waals surface area (Å²) in [4.78, 5) is 4.39. The second-order valence-electron chi connectivity index (χ2n) is 6.08. The summed E-state index contributed by atoms with van der Waals surface area (Å²) in [6.07, 6.45) is 4.73. The standard InChI is InChI=1S/C13H16Cl2N2O/c1-6-16-12(18-17-6)11-7-2-4-9-10(13(9,14)15)5-3-8(7)11/h7-11H,2-5H2,1H3. The first-order valence-corrected chi connectivity index (χ1v) is 7.52. The molecule has 18 heavy (non-hydrogen) atoms. The Balaban J connectivity index is 1.48. The van der Waals surface area contributed by atoms with Gasteiger partial charge in [-0.2, -0.15) is 4.98 Å². The second-order valence-corrected chi connectivity index (χ2v) is 7.52. The van der Waals surface area contributed by atoms with E-state index in [1.807, 2.05) is 6.92 Å². The summed E-state index contributed by atoms with van der Waals surface area (Å²) in [6, 6.07) is 0. The van der Waals surface area contributed by atoms with E-state index in [4.69, 9.17) is 27.7 Å². The molecule has 3 fully saturated rings. The zero-order valence-corrected chi connectivity index (χ0v) is 11.8. The number of alkyl halides is 2. The molecule has 0 saturated heterocycles. The molecule has 3 nitrogen and oxygen atoms in total. The molecule has 1 heterocycles. The van der Waals surface area contributed by atoms with Gasteiger partial charge in [0.05, 0.1) is 0 Å². The molecule has 1 aromatic heterocycles. The molecule has 0 bridgehead atoms. The molecule has 0 radical (unpaired) electrons. The Morgan fingerprint density at radius 3 is 2.22 bits per heavy atom.